The summed E-state index contributed by atoms with van der Waals surface area (Å²) < 4.78 is 4.67. The van der Waals surface area contributed by atoms with Crippen LogP contribution in [0.5, 0.6) is 0 Å². The lowest BCUT2D eigenvalue weighted by molar-refractivity contribution is 0.0781. The first-order chi connectivity index (χ1) is 13.3. The lowest BCUT2D eigenvalue weighted by Crippen LogP contribution is -2.50. The van der Waals surface area contributed by atoms with Crippen LogP contribution in [0.2, 0.25) is 0 Å². The summed E-state index contributed by atoms with van der Waals surface area (Å²) in [4.78, 5) is 5.46. The van der Waals surface area contributed by atoms with Gasteiger partial charge < -0.3 is 9.47 Å². The van der Waals surface area contributed by atoms with Crippen LogP contribution in [-0.2, 0) is 6.54 Å². The highest BCUT2D eigenvalue weighted by Gasteiger charge is 2.24. The van der Waals surface area contributed by atoms with Gasteiger partial charge in [-0.3, -0.25) is 4.90 Å². The van der Waals surface area contributed by atoms with Crippen molar-refractivity contribution in [2.75, 3.05) is 32.7 Å². The highest BCUT2D eigenvalue weighted by molar-refractivity contribution is 7.73. The van der Waals surface area contributed by atoms with Crippen molar-refractivity contribution in [1.82, 2.24) is 14.4 Å². The number of piperazine rings is 1. The summed E-state index contributed by atoms with van der Waals surface area (Å²) in [5, 5.41) is 0. The monoisotopic (exact) mass is 403 g/mol. The van der Waals surface area contributed by atoms with Crippen LogP contribution in [0.4, 0.5) is 0 Å². The molecule has 2 aliphatic rings. The van der Waals surface area contributed by atoms with Gasteiger partial charge in [-0.2, -0.15) is 0 Å². The molecule has 1 saturated heterocycles. The van der Waals surface area contributed by atoms with Crippen LogP contribution in [0.1, 0.15) is 51.4 Å². The van der Waals surface area contributed by atoms with E-state index in [1.54, 1.807) is 11.3 Å². The first kappa shape index (κ1) is 19.6. The molecule has 4 rings (SSSR count). The van der Waals surface area contributed by atoms with E-state index in [1.807, 2.05) is 0 Å². The average molecular weight is 404 g/mol. The zero-order valence-corrected chi connectivity index (χ0v) is 18.1. The minimum atomic E-state index is 0.894. The molecular weight excluding hydrogens is 370 g/mol. The molecule has 27 heavy (non-hydrogen) atoms. The topological polar surface area (TPSA) is 11.4 Å². The number of benzene rings is 1. The largest absolute Gasteiger partial charge is 0.323 e. The Balaban J connectivity index is 1.15. The van der Waals surface area contributed by atoms with Gasteiger partial charge in [-0.15, -0.1) is 11.3 Å². The van der Waals surface area contributed by atoms with Gasteiger partial charge in [0.2, 0.25) is 0 Å². The number of hydrogen-bond acceptors (Lipinski definition) is 4. The van der Waals surface area contributed by atoms with Gasteiger partial charge in [0.1, 0.15) is 0 Å². The third kappa shape index (κ3) is 5.00. The zero-order chi connectivity index (χ0) is 18.5. The van der Waals surface area contributed by atoms with E-state index in [9.17, 15) is 0 Å². The molecule has 0 spiro atoms. The molecule has 148 valence electrons. The summed E-state index contributed by atoms with van der Waals surface area (Å²) in [6.45, 7) is 7.47. The fourth-order valence-electron chi connectivity index (χ4n) is 4.81. The molecule has 0 amide bonds. The second-order valence-corrected chi connectivity index (χ2v) is 9.89. The molecule has 5 heteroatoms. The highest BCUT2D eigenvalue weighted by atomic mass is 32.1. The van der Waals surface area contributed by atoms with Crippen molar-refractivity contribution in [2.24, 2.45) is 0 Å². The molecule has 1 aliphatic heterocycles. The number of aryl methyl sites for hydroxylation is 1. The third-order valence-corrected chi connectivity index (χ3v) is 7.86. The highest BCUT2D eigenvalue weighted by Crippen LogP contribution is 2.24. The van der Waals surface area contributed by atoms with E-state index in [0.29, 0.717) is 0 Å². The standard InChI is InChI=1S/C22H33N3S2/c26-22-25(20-11-5-6-12-21(20)27-22)14-8-2-7-13-23-15-17-24(18-16-23)19-9-3-1-4-10-19/h5-6,11-12,19H,1-4,7-10,13-18H2. The average Bonchev–Trinajstić information content (AvgIpc) is 3.04. The van der Waals surface area contributed by atoms with Gasteiger partial charge in [0.05, 0.1) is 10.2 Å². The Morgan fingerprint density at radius 3 is 2.44 bits per heavy atom. The first-order valence-electron chi connectivity index (χ1n) is 10.9. The molecule has 1 aromatic heterocycles. The second-order valence-electron chi connectivity index (χ2n) is 8.22. The van der Waals surface area contributed by atoms with Crippen LogP contribution in [0.25, 0.3) is 10.2 Å². The van der Waals surface area contributed by atoms with Crippen molar-refractivity contribution in [3.8, 4) is 0 Å². The molecule has 3 nitrogen and oxygen atoms in total. The SMILES string of the molecule is S=c1sc2ccccc2n1CCCCCN1CCN(C2CCCCC2)CC1. The molecule has 2 fully saturated rings. The van der Waals surface area contributed by atoms with Crippen molar-refractivity contribution in [3.05, 3.63) is 28.2 Å². The maximum atomic E-state index is 5.57. The number of hydrogen-bond donors (Lipinski definition) is 0. The zero-order valence-electron chi connectivity index (χ0n) is 16.4. The molecule has 0 N–H and O–H groups in total. The Morgan fingerprint density at radius 2 is 1.63 bits per heavy atom. The van der Waals surface area contributed by atoms with Gasteiger partial charge in [0.25, 0.3) is 0 Å². The maximum Gasteiger partial charge on any atom is 0.162 e. The van der Waals surface area contributed by atoms with Crippen LogP contribution in [0.3, 0.4) is 0 Å². The molecule has 1 saturated carbocycles. The molecule has 1 aromatic carbocycles. The number of unbranched alkanes of at least 4 members (excludes halogenated alkanes) is 2. The van der Waals surface area contributed by atoms with Crippen molar-refractivity contribution in [3.63, 3.8) is 0 Å². The van der Waals surface area contributed by atoms with Gasteiger partial charge >= 0.3 is 0 Å². The number of thiazole rings is 1. The molecule has 0 bridgehead atoms. The molecular formula is C22H33N3S2. The van der Waals surface area contributed by atoms with E-state index < -0.39 is 0 Å². The summed E-state index contributed by atoms with van der Waals surface area (Å²) in [6.07, 6.45) is 11.1. The lowest BCUT2D eigenvalue weighted by atomic mass is 9.94. The van der Waals surface area contributed by atoms with Gasteiger partial charge in [-0.25, -0.2) is 0 Å². The fraction of sp³-hybridized carbons (Fsp3) is 0.682. The summed E-state index contributed by atoms with van der Waals surface area (Å²) in [5.41, 5.74) is 1.31. The summed E-state index contributed by atoms with van der Waals surface area (Å²) in [6, 6.07) is 9.50. The van der Waals surface area contributed by atoms with Crippen molar-refractivity contribution < 1.29 is 0 Å². The van der Waals surface area contributed by atoms with E-state index in [1.165, 1.54) is 94.3 Å². The van der Waals surface area contributed by atoms with Gasteiger partial charge in [-0.1, -0.05) is 37.8 Å². The predicted octanol–water partition coefficient (Wildman–Crippen LogP) is 5.55. The Bertz CT molecular complexity index is 767. The number of fused-ring (bicyclic) bond motifs is 1. The van der Waals surface area contributed by atoms with E-state index in [4.69, 9.17) is 12.2 Å². The van der Waals surface area contributed by atoms with E-state index in [2.05, 4.69) is 38.6 Å². The second kappa shape index (κ2) is 9.64. The maximum absolute atomic E-state index is 5.57. The van der Waals surface area contributed by atoms with Gasteiger partial charge in [-0.05, 0) is 56.6 Å². The van der Waals surface area contributed by atoms with E-state index in [-0.39, 0.29) is 0 Å². The van der Waals surface area contributed by atoms with Crippen LogP contribution in [0, 0.1) is 3.95 Å². The van der Waals surface area contributed by atoms with Gasteiger partial charge in [0.15, 0.2) is 3.95 Å². The normalized spacial score (nSPS) is 20.4. The van der Waals surface area contributed by atoms with Crippen molar-refractivity contribution in [2.45, 2.75) is 64.0 Å². The van der Waals surface area contributed by atoms with Crippen molar-refractivity contribution in [1.29, 1.82) is 0 Å². The molecule has 0 atom stereocenters. The molecule has 0 unspecified atom stereocenters. The quantitative estimate of drug-likeness (QED) is 0.444. The van der Waals surface area contributed by atoms with Crippen LogP contribution in [0.15, 0.2) is 24.3 Å². The van der Waals surface area contributed by atoms with Gasteiger partial charge in [0, 0.05) is 38.8 Å². The van der Waals surface area contributed by atoms with Crippen LogP contribution < -0.4 is 0 Å². The minimum Gasteiger partial charge on any atom is -0.323 e. The Hall–Kier alpha value is -0.750. The predicted molar refractivity (Wildman–Crippen MR) is 119 cm³/mol. The molecule has 2 aromatic rings. The fourth-order valence-corrected chi connectivity index (χ4v) is 6.18. The minimum absolute atomic E-state index is 0.894. The number of aromatic nitrogens is 1. The summed E-state index contributed by atoms with van der Waals surface area (Å²) in [5.74, 6) is 0. The number of nitrogens with zero attached hydrogens (tertiary/aromatic N) is 3. The van der Waals surface area contributed by atoms with Crippen molar-refractivity contribution >= 4 is 33.8 Å². The Kier molecular flexibility index (Phi) is 6.98. The first-order valence-corrected chi connectivity index (χ1v) is 12.1. The number of para-hydroxylation sites is 1. The third-order valence-electron chi connectivity index (χ3n) is 6.43. The number of rotatable bonds is 7. The van der Waals surface area contributed by atoms with Crippen LogP contribution in [-0.4, -0.2) is 53.1 Å². The molecule has 2 heterocycles. The Morgan fingerprint density at radius 1 is 0.889 bits per heavy atom. The van der Waals surface area contributed by atoms with E-state index >= 15 is 0 Å². The lowest BCUT2D eigenvalue weighted by Gasteiger charge is -2.40. The van der Waals surface area contributed by atoms with Crippen LogP contribution >= 0.6 is 23.6 Å². The summed E-state index contributed by atoms with van der Waals surface area (Å²) in [7, 11) is 0. The van der Waals surface area contributed by atoms with E-state index in [0.717, 1.165) is 16.5 Å². The molecule has 1 aliphatic carbocycles. The smallest absolute Gasteiger partial charge is 0.162 e. The Labute approximate surface area is 173 Å². The molecule has 0 radical (unpaired) electrons. The summed E-state index contributed by atoms with van der Waals surface area (Å²) >= 11 is 7.31.